The van der Waals surface area contributed by atoms with Crippen molar-refractivity contribution in [2.45, 2.75) is 6.04 Å². The summed E-state index contributed by atoms with van der Waals surface area (Å²) in [5.74, 6) is 0.815. The Morgan fingerprint density at radius 2 is 2.18 bits per heavy atom. The average molecular weight is 238 g/mol. The highest BCUT2D eigenvalue weighted by molar-refractivity contribution is 5.30. The summed E-state index contributed by atoms with van der Waals surface area (Å²) in [7, 11) is 5.70. The summed E-state index contributed by atoms with van der Waals surface area (Å²) in [6.07, 6.45) is 0. The molecule has 0 aliphatic rings. The maximum absolute atomic E-state index is 9.39. The van der Waals surface area contributed by atoms with Crippen LogP contribution in [-0.2, 0) is 0 Å². The molecule has 0 heterocycles. The van der Waals surface area contributed by atoms with Gasteiger partial charge in [-0.2, -0.15) is 0 Å². The van der Waals surface area contributed by atoms with E-state index in [4.69, 9.17) is 4.74 Å². The molecular weight excluding hydrogens is 216 g/mol. The normalized spacial score (nSPS) is 12.8. The number of likely N-dealkylation sites (N-methyl/N-ethyl adjacent to an activating group) is 1. The highest BCUT2D eigenvalue weighted by atomic mass is 16.5. The van der Waals surface area contributed by atoms with Gasteiger partial charge in [0.25, 0.3) is 0 Å². The number of nitrogens with zero attached hydrogens (tertiary/aromatic N) is 1. The van der Waals surface area contributed by atoms with Crippen molar-refractivity contribution in [3.05, 3.63) is 29.8 Å². The van der Waals surface area contributed by atoms with Gasteiger partial charge in [-0.05, 0) is 31.8 Å². The van der Waals surface area contributed by atoms with Crippen molar-refractivity contribution in [3.63, 3.8) is 0 Å². The van der Waals surface area contributed by atoms with Crippen LogP contribution in [0.4, 0.5) is 0 Å². The highest BCUT2D eigenvalue weighted by Crippen LogP contribution is 2.18. The number of methoxy groups -OCH3 is 1. The molecule has 0 saturated carbocycles. The van der Waals surface area contributed by atoms with E-state index in [9.17, 15) is 5.11 Å². The van der Waals surface area contributed by atoms with Gasteiger partial charge in [0.2, 0.25) is 0 Å². The monoisotopic (exact) mass is 238 g/mol. The lowest BCUT2D eigenvalue weighted by molar-refractivity contribution is 0.240. The summed E-state index contributed by atoms with van der Waals surface area (Å²) >= 11 is 0. The van der Waals surface area contributed by atoms with E-state index in [1.807, 2.05) is 38.4 Å². The number of ether oxygens (including phenoxy) is 1. The molecule has 0 amide bonds. The third-order valence-corrected chi connectivity index (χ3v) is 2.63. The van der Waals surface area contributed by atoms with Crippen molar-refractivity contribution in [1.29, 1.82) is 0 Å². The van der Waals surface area contributed by atoms with Crippen molar-refractivity contribution >= 4 is 0 Å². The Bertz CT molecular complexity index is 329. The van der Waals surface area contributed by atoms with Gasteiger partial charge in [-0.3, -0.25) is 0 Å². The molecule has 0 radical (unpaired) electrons. The second kappa shape index (κ2) is 7.27. The maximum atomic E-state index is 9.39. The van der Waals surface area contributed by atoms with Crippen LogP contribution in [0.1, 0.15) is 11.6 Å². The molecule has 1 unspecified atom stereocenters. The van der Waals surface area contributed by atoms with E-state index in [0.717, 1.165) is 24.4 Å². The molecule has 96 valence electrons. The molecule has 0 bridgehead atoms. The Labute approximate surface area is 103 Å². The summed E-state index contributed by atoms with van der Waals surface area (Å²) in [4.78, 5) is 2.10. The molecule has 0 aromatic heterocycles. The van der Waals surface area contributed by atoms with Gasteiger partial charge in [-0.25, -0.2) is 0 Å². The summed E-state index contributed by atoms with van der Waals surface area (Å²) < 4.78 is 5.17. The van der Waals surface area contributed by atoms with E-state index in [-0.39, 0.29) is 12.6 Å². The third-order valence-electron chi connectivity index (χ3n) is 2.63. The van der Waals surface area contributed by atoms with Gasteiger partial charge < -0.3 is 20.1 Å². The van der Waals surface area contributed by atoms with Crippen LogP contribution in [0.2, 0.25) is 0 Å². The first-order valence-electron chi connectivity index (χ1n) is 5.80. The molecule has 1 aromatic carbocycles. The number of aliphatic hydroxyl groups excluding tert-OH is 1. The van der Waals surface area contributed by atoms with Gasteiger partial charge in [0.05, 0.1) is 19.8 Å². The SMILES string of the molecule is COc1cccc(C(CO)NCCN(C)C)c1. The first kappa shape index (κ1) is 14.0. The Morgan fingerprint density at radius 3 is 2.76 bits per heavy atom. The lowest BCUT2D eigenvalue weighted by Crippen LogP contribution is -2.31. The zero-order valence-corrected chi connectivity index (χ0v) is 10.8. The second-order valence-corrected chi connectivity index (χ2v) is 4.27. The lowest BCUT2D eigenvalue weighted by Gasteiger charge is -2.19. The zero-order chi connectivity index (χ0) is 12.7. The van der Waals surface area contributed by atoms with Crippen molar-refractivity contribution in [2.24, 2.45) is 0 Å². The minimum absolute atomic E-state index is 0.0370. The second-order valence-electron chi connectivity index (χ2n) is 4.27. The van der Waals surface area contributed by atoms with Crippen LogP contribution >= 0.6 is 0 Å². The Kier molecular flexibility index (Phi) is 5.97. The number of benzene rings is 1. The number of nitrogens with one attached hydrogen (secondary N) is 1. The molecule has 0 spiro atoms. The lowest BCUT2D eigenvalue weighted by atomic mass is 10.1. The van der Waals surface area contributed by atoms with E-state index in [2.05, 4.69) is 10.2 Å². The summed E-state index contributed by atoms with van der Waals surface area (Å²) in [5.41, 5.74) is 1.05. The molecule has 17 heavy (non-hydrogen) atoms. The maximum Gasteiger partial charge on any atom is 0.119 e. The largest absolute Gasteiger partial charge is 0.497 e. The topological polar surface area (TPSA) is 44.7 Å². The van der Waals surface area contributed by atoms with Gasteiger partial charge in [0, 0.05) is 13.1 Å². The van der Waals surface area contributed by atoms with Crippen molar-refractivity contribution in [2.75, 3.05) is 40.9 Å². The number of hydrogen-bond donors (Lipinski definition) is 2. The standard InChI is InChI=1S/C13H22N2O2/c1-15(2)8-7-14-13(10-16)11-5-4-6-12(9-11)17-3/h4-6,9,13-14,16H,7-8,10H2,1-3H3. The molecular formula is C13H22N2O2. The highest BCUT2D eigenvalue weighted by Gasteiger charge is 2.10. The van der Waals surface area contributed by atoms with Gasteiger partial charge in [-0.15, -0.1) is 0 Å². The molecule has 1 rings (SSSR count). The van der Waals surface area contributed by atoms with Crippen LogP contribution in [-0.4, -0.2) is 50.9 Å². The minimum atomic E-state index is -0.0370. The summed E-state index contributed by atoms with van der Waals surface area (Å²) in [5, 5.41) is 12.7. The van der Waals surface area contributed by atoms with Crippen LogP contribution in [0.15, 0.2) is 24.3 Å². The first-order valence-corrected chi connectivity index (χ1v) is 5.80. The van der Waals surface area contributed by atoms with Crippen LogP contribution in [0.5, 0.6) is 5.75 Å². The van der Waals surface area contributed by atoms with Gasteiger partial charge >= 0.3 is 0 Å². The third kappa shape index (κ3) is 4.73. The van der Waals surface area contributed by atoms with E-state index < -0.39 is 0 Å². The predicted molar refractivity (Wildman–Crippen MR) is 69.4 cm³/mol. The van der Waals surface area contributed by atoms with Crippen molar-refractivity contribution < 1.29 is 9.84 Å². The molecule has 0 aliphatic heterocycles. The van der Waals surface area contributed by atoms with Crippen LogP contribution < -0.4 is 10.1 Å². The molecule has 4 nitrogen and oxygen atoms in total. The molecule has 0 aliphatic carbocycles. The molecule has 0 saturated heterocycles. The van der Waals surface area contributed by atoms with Crippen LogP contribution in [0.25, 0.3) is 0 Å². The molecule has 2 N–H and O–H groups in total. The fraction of sp³-hybridized carbons (Fsp3) is 0.538. The predicted octanol–water partition coefficient (Wildman–Crippen LogP) is 0.880. The minimum Gasteiger partial charge on any atom is -0.497 e. The van der Waals surface area contributed by atoms with E-state index in [1.54, 1.807) is 7.11 Å². The first-order chi connectivity index (χ1) is 8.17. The van der Waals surface area contributed by atoms with E-state index in [1.165, 1.54) is 0 Å². The Morgan fingerprint density at radius 1 is 1.41 bits per heavy atom. The van der Waals surface area contributed by atoms with E-state index in [0.29, 0.717) is 0 Å². The quantitative estimate of drug-likeness (QED) is 0.740. The molecule has 4 heteroatoms. The summed E-state index contributed by atoms with van der Waals surface area (Å²) in [6.45, 7) is 1.87. The van der Waals surface area contributed by atoms with E-state index >= 15 is 0 Å². The zero-order valence-electron chi connectivity index (χ0n) is 10.8. The fourth-order valence-electron chi connectivity index (χ4n) is 1.61. The van der Waals surface area contributed by atoms with Gasteiger partial charge in [0.15, 0.2) is 0 Å². The fourth-order valence-corrected chi connectivity index (χ4v) is 1.61. The van der Waals surface area contributed by atoms with Crippen molar-refractivity contribution in [3.8, 4) is 5.75 Å². The van der Waals surface area contributed by atoms with Crippen LogP contribution in [0.3, 0.4) is 0 Å². The average Bonchev–Trinajstić information content (AvgIpc) is 2.34. The number of hydrogen-bond acceptors (Lipinski definition) is 4. The molecule has 1 atom stereocenters. The Balaban J connectivity index is 2.59. The van der Waals surface area contributed by atoms with Gasteiger partial charge in [-0.1, -0.05) is 12.1 Å². The smallest absolute Gasteiger partial charge is 0.119 e. The van der Waals surface area contributed by atoms with Crippen molar-refractivity contribution in [1.82, 2.24) is 10.2 Å². The molecule has 0 fully saturated rings. The summed E-state index contributed by atoms with van der Waals surface area (Å²) in [6, 6.07) is 7.74. The molecule has 1 aromatic rings. The Hall–Kier alpha value is -1.10. The number of aliphatic hydroxyl groups is 1. The van der Waals surface area contributed by atoms with Crippen LogP contribution in [0, 0.1) is 0 Å². The van der Waals surface area contributed by atoms with Gasteiger partial charge in [0.1, 0.15) is 5.75 Å². The number of rotatable bonds is 7.